The Morgan fingerprint density at radius 1 is 1.15 bits per heavy atom. The zero-order valence-electron chi connectivity index (χ0n) is 15.3. The second-order valence-corrected chi connectivity index (χ2v) is 9.01. The Morgan fingerprint density at radius 2 is 2.00 bits per heavy atom. The molecule has 1 aromatic carbocycles. The van der Waals surface area contributed by atoms with E-state index in [4.69, 9.17) is 0 Å². The van der Waals surface area contributed by atoms with E-state index in [1.807, 2.05) is 0 Å². The van der Waals surface area contributed by atoms with Crippen molar-refractivity contribution >= 4 is 21.6 Å². The molecule has 0 bridgehead atoms. The molecule has 0 unspecified atom stereocenters. The van der Waals surface area contributed by atoms with Crippen molar-refractivity contribution < 1.29 is 13.2 Å². The molecule has 4 rings (SSSR count). The fraction of sp³-hybridized carbons (Fsp3) is 0.500. The molecule has 2 aromatic rings. The first kappa shape index (κ1) is 18.0. The Balaban J connectivity index is 1.46. The molecule has 0 radical (unpaired) electrons. The van der Waals surface area contributed by atoms with E-state index < -0.39 is 10.0 Å². The number of amides is 1. The molecule has 3 heterocycles. The van der Waals surface area contributed by atoms with Crippen LogP contribution in [-0.4, -0.2) is 41.9 Å². The van der Waals surface area contributed by atoms with Gasteiger partial charge in [0, 0.05) is 25.1 Å². The molecule has 1 aromatic heterocycles. The molecule has 27 heavy (non-hydrogen) atoms. The highest BCUT2D eigenvalue weighted by atomic mass is 32.2. The first-order valence-corrected chi connectivity index (χ1v) is 11.1. The lowest BCUT2D eigenvalue weighted by Crippen LogP contribution is -2.27. The number of hydrogen-bond acceptors (Lipinski definition) is 5. The average Bonchev–Trinajstić information content (AvgIpc) is 3.16. The van der Waals surface area contributed by atoms with E-state index in [-0.39, 0.29) is 5.91 Å². The van der Waals surface area contributed by atoms with Gasteiger partial charge in [-0.25, -0.2) is 8.42 Å². The minimum atomic E-state index is -3.29. The van der Waals surface area contributed by atoms with Gasteiger partial charge in [-0.05, 0) is 43.0 Å². The highest BCUT2D eigenvalue weighted by molar-refractivity contribution is 7.92. The topological polar surface area (TPSA) is 97.2 Å². The van der Waals surface area contributed by atoms with E-state index in [9.17, 15) is 13.2 Å². The van der Waals surface area contributed by atoms with Gasteiger partial charge < -0.3 is 9.88 Å². The number of nitrogens with one attached hydrogen (secondary N) is 1. The molecule has 0 fully saturated rings. The van der Waals surface area contributed by atoms with Gasteiger partial charge in [-0.3, -0.25) is 9.10 Å². The monoisotopic (exact) mass is 389 g/mol. The van der Waals surface area contributed by atoms with Gasteiger partial charge in [0.2, 0.25) is 10.0 Å². The largest absolute Gasteiger partial charge is 0.345 e. The van der Waals surface area contributed by atoms with E-state index in [0.29, 0.717) is 30.8 Å². The quantitative estimate of drug-likeness (QED) is 0.849. The number of fused-ring (bicyclic) bond motifs is 2. The SMILES string of the molecule is CS(=O)(=O)N1CCc2cc(C(=O)NCc3nnc4n3CCCCC4)ccc21. The van der Waals surface area contributed by atoms with Gasteiger partial charge in [-0.2, -0.15) is 0 Å². The van der Waals surface area contributed by atoms with Crippen LogP contribution in [0.4, 0.5) is 5.69 Å². The fourth-order valence-electron chi connectivity index (χ4n) is 3.79. The number of aryl methyl sites for hydroxylation is 1. The summed E-state index contributed by atoms with van der Waals surface area (Å²) in [4.78, 5) is 12.6. The lowest BCUT2D eigenvalue weighted by atomic mass is 10.1. The number of anilines is 1. The third-order valence-corrected chi connectivity index (χ3v) is 6.37. The van der Waals surface area contributed by atoms with Crippen LogP contribution in [0.3, 0.4) is 0 Å². The van der Waals surface area contributed by atoms with Gasteiger partial charge in [-0.15, -0.1) is 10.2 Å². The summed E-state index contributed by atoms with van der Waals surface area (Å²) in [6.45, 7) is 1.65. The summed E-state index contributed by atoms with van der Waals surface area (Å²) in [6, 6.07) is 5.16. The maximum atomic E-state index is 12.6. The lowest BCUT2D eigenvalue weighted by Gasteiger charge is -2.16. The number of sulfonamides is 1. The predicted octanol–water partition coefficient (Wildman–Crippen LogP) is 1.26. The summed E-state index contributed by atoms with van der Waals surface area (Å²) in [5, 5.41) is 11.4. The Bertz CT molecular complexity index is 983. The van der Waals surface area contributed by atoms with Crippen LogP contribution in [0.1, 0.15) is 46.8 Å². The number of carbonyl (C=O) groups is 1. The second kappa shape index (κ2) is 6.95. The molecule has 1 amide bonds. The Kier molecular flexibility index (Phi) is 4.63. The van der Waals surface area contributed by atoms with Crippen LogP contribution in [0.2, 0.25) is 0 Å². The molecular weight excluding hydrogens is 366 g/mol. The van der Waals surface area contributed by atoms with Crippen molar-refractivity contribution in [3.8, 4) is 0 Å². The normalized spacial score (nSPS) is 16.6. The molecule has 0 saturated carbocycles. The average molecular weight is 389 g/mol. The molecule has 0 spiro atoms. The molecule has 9 heteroatoms. The van der Waals surface area contributed by atoms with Crippen LogP contribution >= 0.6 is 0 Å². The van der Waals surface area contributed by atoms with Crippen LogP contribution in [0.25, 0.3) is 0 Å². The van der Waals surface area contributed by atoms with Crippen molar-refractivity contribution in [1.29, 1.82) is 0 Å². The highest BCUT2D eigenvalue weighted by Crippen LogP contribution is 2.30. The van der Waals surface area contributed by atoms with Gasteiger partial charge in [0.1, 0.15) is 5.82 Å². The Hall–Kier alpha value is -2.42. The summed E-state index contributed by atoms with van der Waals surface area (Å²) in [6.07, 6.45) is 6.17. The summed E-state index contributed by atoms with van der Waals surface area (Å²) in [5.41, 5.74) is 2.07. The van der Waals surface area contributed by atoms with Crippen molar-refractivity contribution in [2.24, 2.45) is 0 Å². The smallest absolute Gasteiger partial charge is 0.251 e. The number of hydrogen-bond donors (Lipinski definition) is 1. The third kappa shape index (κ3) is 3.55. The molecule has 2 aliphatic rings. The summed E-state index contributed by atoms with van der Waals surface area (Å²) >= 11 is 0. The first-order chi connectivity index (χ1) is 12.9. The van der Waals surface area contributed by atoms with Gasteiger partial charge in [0.25, 0.3) is 5.91 Å². The van der Waals surface area contributed by atoms with Crippen LogP contribution in [0.15, 0.2) is 18.2 Å². The van der Waals surface area contributed by atoms with Crippen LogP contribution in [-0.2, 0) is 36.0 Å². The van der Waals surface area contributed by atoms with Crippen molar-refractivity contribution in [2.45, 2.75) is 45.2 Å². The molecule has 8 nitrogen and oxygen atoms in total. The molecule has 2 aliphatic heterocycles. The van der Waals surface area contributed by atoms with Crippen LogP contribution < -0.4 is 9.62 Å². The zero-order chi connectivity index (χ0) is 19.0. The lowest BCUT2D eigenvalue weighted by molar-refractivity contribution is 0.0949. The maximum Gasteiger partial charge on any atom is 0.251 e. The van der Waals surface area contributed by atoms with Crippen molar-refractivity contribution in [3.63, 3.8) is 0 Å². The summed E-state index contributed by atoms with van der Waals surface area (Å²) < 4.78 is 27.1. The molecule has 0 atom stereocenters. The summed E-state index contributed by atoms with van der Waals surface area (Å²) in [7, 11) is -3.29. The standard InChI is InChI=1S/C18H23N5O3S/c1-27(25,26)23-10-8-13-11-14(6-7-15(13)23)18(24)19-12-17-21-20-16-5-3-2-4-9-22(16)17/h6-7,11H,2-5,8-10,12H2,1H3,(H,19,24). The van der Waals surface area contributed by atoms with Gasteiger partial charge in [-0.1, -0.05) is 6.42 Å². The van der Waals surface area contributed by atoms with Crippen LogP contribution in [0, 0.1) is 0 Å². The van der Waals surface area contributed by atoms with Crippen molar-refractivity contribution in [3.05, 3.63) is 41.0 Å². The number of nitrogens with zero attached hydrogens (tertiary/aromatic N) is 4. The number of aromatic nitrogens is 3. The van der Waals surface area contributed by atoms with Gasteiger partial charge >= 0.3 is 0 Å². The molecular formula is C18H23N5O3S. The minimum absolute atomic E-state index is 0.193. The second-order valence-electron chi connectivity index (χ2n) is 7.11. The predicted molar refractivity (Wildman–Crippen MR) is 101 cm³/mol. The maximum absolute atomic E-state index is 12.6. The number of rotatable bonds is 4. The van der Waals surface area contributed by atoms with E-state index in [1.54, 1.807) is 18.2 Å². The van der Waals surface area contributed by atoms with E-state index in [1.165, 1.54) is 17.0 Å². The number of benzene rings is 1. The molecule has 0 saturated heterocycles. The van der Waals surface area contributed by atoms with Gasteiger partial charge in [0.05, 0.1) is 18.5 Å². The van der Waals surface area contributed by atoms with E-state index >= 15 is 0 Å². The van der Waals surface area contributed by atoms with E-state index in [2.05, 4.69) is 20.1 Å². The zero-order valence-corrected chi connectivity index (χ0v) is 16.1. The summed E-state index contributed by atoms with van der Waals surface area (Å²) in [5.74, 6) is 1.58. The van der Waals surface area contributed by atoms with E-state index in [0.717, 1.165) is 43.0 Å². The van der Waals surface area contributed by atoms with Crippen LogP contribution in [0.5, 0.6) is 0 Å². The Morgan fingerprint density at radius 3 is 2.81 bits per heavy atom. The highest BCUT2D eigenvalue weighted by Gasteiger charge is 2.26. The van der Waals surface area contributed by atoms with Gasteiger partial charge in [0.15, 0.2) is 5.82 Å². The molecule has 144 valence electrons. The first-order valence-electron chi connectivity index (χ1n) is 9.23. The van der Waals surface area contributed by atoms with Crippen molar-refractivity contribution in [1.82, 2.24) is 20.1 Å². The number of carbonyl (C=O) groups excluding carboxylic acids is 1. The molecule has 0 aliphatic carbocycles. The minimum Gasteiger partial charge on any atom is -0.345 e. The Labute approximate surface area is 158 Å². The third-order valence-electron chi connectivity index (χ3n) is 5.19. The fourth-order valence-corrected chi connectivity index (χ4v) is 4.75. The molecule has 1 N–H and O–H groups in total. The van der Waals surface area contributed by atoms with Crippen molar-refractivity contribution in [2.75, 3.05) is 17.1 Å².